The van der Waals surface area contributed by atoms with E-state index in [4.69, 9.17) is 0 Å². The lowest BCUT2D eigenvalue weighted by Crippen LogP contribution is -2.12. The van der Waals surface area contributed by atoms with Crippen molar-refractivity contribution in [2.45, 2.75) is 39.5 Å². The topological polar surface area (TPSA) is 26.3 Å². The molecule has 0 amide bonds. The van der Waals surface area contributed by atoms with E-state index in [9.17, 15) is 4.79 Å². The third kappa shape index (κ3) is 4.61. The molecule has 0 aliphatic carbocycles. The Labute approximate surface area is 82.4 Å². The number of hydrogen-bond donors (Lipinski definition) is 0. The Kier molecular flexibility index (Phi) is 7.01. The number of rotatable bonds is 5. The molecule has 0 fully saturated rings. The Morgan fingerprint density at radius 1 is 1.55 bits per heavy atom. The van der Waals surface area contributed by atoms with E-state index in [2.05, 4.69) is 9.99 Å². The maximum Gasteiger partial charge on any atom is 0.318 e. The lowest BCUT2D eigenvalue weighted by molar-refractivity contribution is -0.136. The average Bonchev–Trinajstić information content (AvgIpc) is 2.05. The van der Waals surface area contributed by atoms with Crippen molar-refractivity contribution in [2.75, 3.05) is 0 Å². The average molecular weight is 270 g/mol. The van der Waals surface area contributed by atoms with Crippen molar-refractivity contribution in [1.82, 2.24) is 0 Å². The highest BCUT2D eigenvalue weighted by Gasteiger charge is 2.15. The van der Waals surface area contributed by atoms with E-state index in [-0.39, 0.29) is 11.9 Å². The summed E-state index contributed by atoms with van der Waals surface area (Å²) >= 11 is 1.65. The molecular formula is C8H15IO2. The molecule has 1 atom stereocenters. The molecule has 66 valence electrons. The summed E-state index contributed by atoms with van der Waals surface area (Å²) in [6, 6.07) is 0. The van der Waals surface area contributed by atoms with Crippen LogP contribution in [-0.2, 0) is 7.86 Å². The fourth-order valence-electron chi connectivity index (χ4n) is 1.00. The molecule has 0 aromatic carbocycles. The van der Waals surface area contributed by atoms with Crippen molar-refractivity contribution in [3.8, 4) is 0 Å². The van der Waals surface area contributed by atoms with Gasteiger partial charge in [0.2, 0.25) is 0 Å². The monoisotopic (exact) mass is 270 g/mol. The van der Waals surface area contributed by atoms with Gasteiger partial charge in [-0.15, -0.1) is 0 Å². The summed E-state index contributed by atoms with van der Waals surface area (Å²) in [5, 5.41) is 0. The van der Waals surface area contributed by atoms with E-state index in [1.165, 1.54) is 0 Å². The predicted molar refractivity (Wildman–Crippen MR) is 53.4 cm³/mol. The van der Waals surface area contributed by atoms with Crippen LogP contribution in [0.3, 0.4) is 0 Å². The lowest BCUT2D eigenvalue weighted by atomic mass is 10.00. The van der Waals surface area contributed by atoms with Gasteiger partial charge in [-0.25, -0.2) is 0 Å². The van der Waals surface area contributed by atoms with Crippen LogP contribution in [0.15, 0.2) is 0 Å². The third-order valence-corrected chi connectivity index (χ3v) is 2.24. The molecule has 0 aliphatic heterocycles. The number of unbranched alkanes of at least 4 members (excludes halogenated alkanes) is 1. The number of hydrogen-bond acceptors (Lipinski definition) is 2. The van der Waals surface area contributed by atoms with Crippen LogP contribution < -0.4 is 0 Å². The van der Waals surface area contributed by atoms with Crippen LogP contribution in [0.1, 0.15) is 39.5 Å². The van der Waals surface area contributed by atoms with E-state index in [1.807, 2.05) is 6.92 Å². The van der Waals surface area contributed by atoms with Crippen LogP contribution >= 0.6 is 23.0 Å². The summed E-state index contributed by atoms with van der Waals surface area (Å²) < 4.78 is 4.63. The Balaban J connectivity index is 3.65. The van der Waals surface area contributed by atoms with Crippen molar-refractivity contribution in [3.63, 3.8) is 0 Å². The first-order chi connectivity index (χ1) is 5.26. The van der Waals surface area contributed by atoms with Gasteiger partial charge >= 0.3 is 5.97 Å². The van der Waals surface area contributed by atoms with Crippen LogP contribution in [0, 0.1) is 5.92 Å². The van der Waals surface area contributed by atoms with Crippen LogP contribution in [0.4, 0.5) is 0 Å². The molecule has 2 nitrogen and oxygen atoms in total. The molecule has 0 bridgehead atoms. The van der Waals surface area contributed by atoms with Crippen LogP contribution in [0.25, 0.3) is 0 Å². The molecule has 3 heteroatoms. The second kappa shape index (κ2) is 6.88. The number of carbonyl (C=O) groups excluding carboxylic acids is 1. The van der Waals surface area contributed by atoms with Gasteiger partial charge in [0.1, 0.15) is 0 Å². The smallest absolute Gasteiger partial charge is 0.318 e. The Morgan fingerprint density at radius 3 is 2.55 bits per heavy atom. The normalized spacial score (nSPS) is 12.6. The fraction of sp³-hybridized carbons (Fsp3) is 0.875. The highest BCUT2D eigenvalue weighted by Crippen LogP contribution is 2.15. The summed E-state index contributed by atoms with van der Waals surface area (Å²) in [6.45, 7) is 4.15. The van der Waals surface area contributed by atoms with Gasteiger partial charge in [0, 0.05) is 0 Å². The molecule has 0 N–H and O–H groups in total. The van der Waals surface area contributed by atoms with E-state index in [0.29, 0.717) is 0 Å². The molecule has 0 aliphatic rings. The zero-order chi connectivity index (χ0) is 8.69. The molecular weight excluding hydrogens is 255 g/mol. The maximum atomic E-state index is 11.0. The molecule has 0 saturated carbocycles. The fourth-order valence-corrected chi connectivity index (χ4v) is 1.36. The highest BCUT2D eigenvalue weighted by molar-refractivity contribution is 14.1. The van der Waals surface area contributed by atoms with Gasteiger partial charge < -0.3 is 3.07 Å². The minimum Gasteiger partial charge on any atom is -0.394 e. The standard InChI is InChI=1S/C8H15IO2/c1-3-5-6-7(4-2)8(10)11-9/h7H,3-6H2,1-2H3. The van der Waals surface area contributed by atoms with Crippen LogP contribution in [0.2, 0.25) is 0 Å². The van der Waals surface area contributed by atoms with Gasteiger partial charge in [-0.3, -0.25) is 4.79 Å². The minimum absolute atomic E-state index is 0.0680. The van der Waals surface area contributed by atoms with Gasteiger partial charge in [-0.1, -0.05) is 26.7 Å². The number of carbonyl (C=O) groups is 1. The SMILES string of the molecule is CCCCC(CC)C(=O)OI. The Bertz CT molecular complexity index is 115. The van der Waals surface area contributed by atoms with Gasteiger partial charge in [0.05, 0.1) is 5.92 Å². The van der Waals surface area contributed by atoms with E-state index >= 15 is 0 Å². The minimum atomic E-state index is -0.0680. The van der Waals surface area contributed by atoms with E-state index in [1.54, 1.807) is 23.0 Å². The van der Waals surface area contributed by atoms with Crippen LogP contribution in [0.5, 0.6) is 0 Å². The molecule has 0 heterocycles. The van der Waals surface area contributed by atoms with Crippen molar-refractivity contribution in [1.29, 1.82) is 0 Å². The zero-order valence-electron chi connectivity index (χ0n) is 7.10. The summed E-state index contributed by atoms with van der Waals surface area (Å²) in [5.74, 6) is 0.0494. The molecule has 0 radical (unpaired) electrons. The summed E-state index contributed by atoms with van der Waals surface area (Å²) in [7, 11) is 0. The zero-order valence-corrected chi connectivity index (χ0v) is 9.26. The van der Waals surface area contributed by atoms with Crippen molar-refractivity contribution >= 4 is 29.0 Å². The van der Waals surface area contributed by atoms with Gasteiger partial charge in [-0.2, -0.15) is 0 Å². The van der Waals surface area contributed by atoms with Crippen molar-refractivity contribution < 1.29 is 7.86 Å². The van der Waals surface area contributed by atoms with Crippen molar-refractivity contribution in [3.05, 3.63) is 0 Å². The molecule has 11 heavy (non-hydrogen) atoms. The molecule has 0 rings (SSSR count). The lowest BCUT2D eigenvalue weighted by Gasteiger charge is -2.09. The molecule has 0 saturated heterocycles. The van der Waals surface area contributed by atoms with Gasteiger partial charge in [-0.05, 0) is 12.8 Å². The van der Waals surface area contributed by atoms with Gasteiger partial charge in [0.25, 0.3) is 0 Å². The van der Waals surface area contributed by atoms with E-state index < -0.39 is 0 Å². The summed E-state index contributed by atoms with van der Waals surface area (Å²) in [4.78, 5) is 11.0. The Morgan fingerprint density at radius 2 is 2.18 bits per heavy atom. The molecule has 1 unspecified atom stereocenters. The highest BCUT2D eigenvalue weighted by atomic mass is 127. The molecule has 0 aromatic rings. The predicted octanol–water partition coefficient (Wildman–Crippen LogP) is 3.10. The quantitative estimate of drug-likeness (QED) is 0.717. The summed E-state index contributed by atoms with van der Waals surface area (Å²) in [5.41, 5.74) is 0. The second-order valence-electron chi connectivity index (χ2n) is 2.64. The Hall–Kier alpha value is 0.200. The van der Waals surface area contributed by atoms with Crippen molar-refractivity contribution in [2.24, 2.45) is 5.92 Å². The van der Waals surface area contributed by atoms with Crippen LogP contribution in [-0.4, -0.2) is 5.97 Å². The van der Waals surface area contributed by atoms with E-state index in [0.717, 1.165) is 25.7 Å². The first-order valence-electron chi connectivity index (χ1n) is 4.08. The largest absolute Gasteiger partial charge is 0.394 e. The maximum absolute atomic E-state index is 11.0. The number of halogens is 1. The first kappa shape index (κ1) is 11.2. The summed E-state index contributed by atoms with van der Waals surface area (Å²) in [6.07, 6.45) is 4.12. The molecule has 0 aromatic heterocycles. The first-order valence-corrected chi connectivity index (χ1v) is 4.96. The molecule has 0 spiro atoms. The third-order valence-electron chi connectivity index (χ3n) is 1.81. The van der Waals surface area contributed by atoms with Gasteiger partial charge in [0.15, 0.2) is 23.0 Å². The second-order valence-corrected chi connectivity index (χ2v) is 3.08.